The summed E-state index contributed by atoms with van der Waals surface area (Å²) in [7, 11) is 0. The van der Waals surface area contributed by atoms with Crippen LogP contribution < -0.4 is 5.32 Å². The molecule has 102 valence electrons. The molecule has 1 fully saturated rings. The van der Waals surface area contributed by atoms with Crippen molar-refractivity contribution in [2.24, 2.45) is 0 Å². The van der Waals surface area contributed by atoms with Gasteiger partial charge < -0.3 is 10.1 Å². The van der Waals surface area contributed by atoms with E-state index in [-0.39, 0.29) is 11.7 Å². The molecule has 2 atom stereocenters. The number of nitrogens with zero attached hydrogens (tertiary/aromatic N) is 1. The second kappa shape index (κ2) is 5.19. The number of morpholine rings is 1. The summed E-state index contributed by atoms with van der Waals surface area (Å²) in [5, 5.41) is 4.59. The standard InChI is InChI=1S/C15H20N2OS/c1-3-8-15(2)10-16-9-12(18-15)14-17-11-6-4-5-7-13(11)19-14/h4-7,12,16H,3,8-10H2,1-2H3. The molecule has 0 aliphatic carbocycles. The summed E-state index contributed by atoms with van der Waals surface area (Å²) in [5.74, 6) is 0. The number of thiazole rings is 1. The van der Waals surface area contributed by atoms with Gasteiger partial charge in [0.2, 0.25) is 0 Å². The molecule has 4 heteroatoms. The third-order valence-electron chi connectivity index (χ3n) is 3.62. The summed E-state index contributed by atoms with van der Waals surface area (Å²) in [6, 6.07) is 8.29. The Kier molecular flexibility index (Phi) is 3.56. The topological polar surface area (TPSA) is 34.2 Å². The maximum atomic E-state index is 6.32. The van der Waals surface area contributed by atoms with Gasteiger partial charge in [-0.1, -0.05) is 25.5 Å². The minimum Gasteiger partial charge on any atom is -0.362 e. The summed E-state index contributed by atoms with van der Waals surface area (Å²) in [6.45, 7) is 6.19. The van der Waals surface area contributed by atoms with Gasteiger partial charge in [0, 0.05) is 13.1 Å². The first-order valence-electron chi connectivity index (χ1n) is 6.94. The van der Waals surface area contributed by atoms with Crippen molar-refractivity contribution in [2.45, 2.75) is 38.4 Å². The van der Waals surface area contributed by atoms with Gasteiger partial charge in [-0.25, -0.2) is 4.98 Å². The van der Waals surface area contributed by atoms with Crippen molar-refractivity contribution >= 4 is 21.6 Å². The molecule has 1 aromatic heterocycles. The van der Waals surface area contributed by atoms with E-state index >= 15 is 0 Å². The number of aromatic nitrogens is 1. The maximum absolute atomic E-state index is 6.32. The van der Waals surface area contributed by atoms with E-state index in [2.05, 4.69) is 37.4 Å². The highest BCUT2D eigenvalue weighted by molar-refractivity contribution is 7.18. The summed E-state index contributed by atoms with van der Waals surface area (Å²) in [4.78, 5) is 4.72. The Hall–Kier alpha value is -0.970. The third-order valence-corrected chi connectivity index (χ3v) is 4.75. The van der Waals surface area contributed by atoms with Crippen LogP contribution in [0.25, 0.3) is 10.2 Å². The number of hydrogen-bond donors (Lipinski definition) is 1. The summed E-state index contributed by atoms with van der Waals surface area (Å²) in [6.07, 6.45) is 2.31. The van der Waals surface area contributed by atoms with Gasteiger partial charge in [0.05, 0.1) is 15.8 Å². The van der Waals surface area contributed by atoms with E-state index in [1.54, 1.807) is 11.3 Å². The molecule has 0 saturated carbocycles. The van der Waals surface area contributed by atoms with Crippen molar-refractivity contribution in [3.63, 3.8) is 0 Å². The molecule has 0 bridgehead atoms. The van der Waals surface area contributed by atoms with Gasteiger partial charge in [0.15, 0.2) is 0 Å². The van der Waals surface area contributed by atoms with Crippen LogP contribution in [0.3, 0.4) is 0 Å². The molecule has 19 heavy (non-hydrogen) atoms. The van der Waals surface area contributed by atoms with Crippen molar-refractivity contribution < 1.29 is 4.74 Å². The van der Waals surface area contributed by atoms with Crippen LogP contribution in [0.5, 0.6) is 0 Å². The molecule has 2 unspecified atom stereocenters. The maximum Gasteiger partial charge on any atom is 0.124 e. The van der Waals surface area contributed by atoms with Crippen LogP contribution in [0.15, 0.2) is 24.3 Å². The first-order chi connectivity index (χ1) is 9.20. The zero-order chi connectivity index (χ0) is 13.3. The van der Waals surface area contributed by atoms with Gasteiger partial charge in [0.1, 0.15) is 11.1 Å². The van der Waals surface area contributed by atoms with E-state index in [0.717, 1.165) is 36.5 Å². The molecule has 1 aliphatic heterocycles. The lowest BCUT2D eigenvalue weighted by Gasteiger charge is -2.38. The molecule has 0 amide bonds. The third kappa shape index (κ3) is 2.66. The van der Waals surface area contributed by atoms with Crippen LogP contribution in [0.4, 0.5) is 0 Å². The minimum absolute atomic E-state index is 0.0600. The first kappa shape index (κ1) is 13.0. The molecule has 1 N–H and O–H groups in total. The van der Waals surface area contributed by atoms with Crippen LogP contribution in [-0.2, 0) is 4.74 Å². The van der Waals surface area contributed by atoms with Crippen LogP contribution in [-0.4, -0.2) is 23.7 Å². The van der Waals surface area contributed by atoms with E-state index in [4.69, 9.17) is 9.72 Å². The number of hydrogen-bond acceptors (Lipinski definition) is 4. The quantitative estimate of drug-likeness (QED) is 0.931. The van der Waals surface area contributed by atoms with Crippen molar-refractivity contribution in [2.75, 3.05) is 13.1 Å². The van der Waals surface area contributed by atoms with Crippen LogP contribution in [0.1, 0.15) is 37.8 Å². The lowest BCUT2D eigenvalue weighted by atomic mass is 9.98. The van der Waals surface area contributed by atoms with E-state index in [1.165, 1.54) is 4.70 Å². The average molecular weight is 276 g/mol. The summed E-state index contributed by atoms with van der Waals surface area (Å²) < 4.78 is 7.56. The number of fused-ring (bicyclic) bond motifs is 1. The van der Waals surface area contributed by atoms with E-state index in [9.17, 15) is 0 Å². The van der Waals surface area contributed by atoms with Crippen molar-refractivity contribution in [3.05, 3.63) is 29.3 Å². The fourth-order valence-electron chi connectivity index (χ4n) is 2.74. The highest BCUT2D eigenvalue weighted by atomic mass is 32.1. The number of ether oxygens (including phenoxy) is 1. The molecule has 3 nitrogen and oxygen atoms in total. The molecule has 0 spiro atoms. The lowest BCUT2D eigenvalue weighted by molar-refractivity contribution is -0.112. The molecule has 3 rings (SSSR count). The first-order valence-corrected chi connectivity index (χ1v) is 7.76. The normalized spacial score (nSPS) is 27.8. The second-order valence-electron chi connectivity index (χ2n) is 5.46. The predicted octanol–water partition coefficient (Wildman–Crippen LogP) is 3.52. The molecule has 2 heterocycles. The number of nitrogens with one attached hydrogen (secondary N) is 1. The zero-order valence-corrected chi connectivity index (χ0v) is 12.3. The van der Waals surface area contributed by atoms with Gasteiger partial charge in [0.25, 0.3) is 0 Å². The fourth-order valence-corrected chi connectivity index (χ4v) is 3.73. The fraction of sp³-hybridized carbons (Fsp3) is 0.533. The van der Waals surface area contributed by atoms with Gasteiger partial charge >= 0.3 is 0 Å². The molecule has 1 aliphatic rings. The Bertz CT molecular complexity index is 531. The molecule has 2 aromatic rings. The Morgan fingerprint density at radius 3 is 3.11 bits per heavy atom. The van der Waals surface area contributed by atoms with Crippen molar-refractivity contribution in [1.29, 1.82) is 0 Å². The summed E-state index contributed by atoms with van der Waals surface area (Å²) in [5.41, 5.74) is 1.02. The molecule has 0 radical (unpaired) electrons. The van der Waals surface area contributed by atoms with Gasteiger partial charge in [-0.2, -0.15) is 0 Å². The van der Waals surface area contributed by atoms with Crippen LogP contribution in [0.2, 0.25) is 0 Å². The Balaban J connectivity index is 1.85. The van der Waals surface area contributed by atoms with Gasteiger partial charge in [-0.15, -0.1) is 11.3 Å². The summed E-state index contributed by atoms with van der Waals surface area (Å²) >= 11 is 1.75. The van der Waals surface area contributed by atoms with E-state index < -0.39 is 0 Å². The second-order valence-corrected chi connectivity index (χ2v) is 6.52. The predicted molar refractivity (Wildman–Crippen MR) is 79.6 cm³/mol. The van der Waals surface area contributed by atoms with Gasteiger partial charge in [-0.3, -0.25) is 0 Å². The highest BCUT2D eigenvalue weighted by Crippen LogP contribution is 2.34. The lowest BCUT2D eigenvalue weighted by Crippen LogP contribution is -2.48. The molecule has 1 aromatic carbocycles. The zero-order valence-electron chi connectivity index (χ0n) is 11.5. The number of benzene rings is 1. The van der Waals surface area contributed by atoms with Crippen LogP contribution >= 0.6 is 11.3 Å². The average Bonchev–Trinajstić information content (AvgIpc) is 2.82. The monoisotopic (exact) mass is 276 g/mol. The Morgan fingerprint density at radius 1 is 1.47 bits per heavy atom. The minimum atomic E-state index is -0.0600. The molecular formula is C15H20N2OS. The smallest absolute Gasteiger partial charge is 0.124 e. The van der Waals surface area contributed by atoms with Gasteiger partial charge in [-0.05, 0) is 25.5 Å². The number of para-hydroxylation sites is 1. The van der Waals surface area contributed by atoms with Crippen molar-refractivity contribution in [1.82, 2.24) is 10.3 Å². The highest BCUT2D eigenvalue weighted by Gasteiger charge is 2.34. The Morgan fingerprint density at radius 2 is 2.32 bits per heavy atom. The van der Waals surface area contributed by atoms with Crippen LogP contribution in [0, 0.1) is 0 Å². The molecular weight excluding hydrogens is 256 g/mol. The number of rotatable bonds is 3. The van der Waals surface area contributed by atoms with E-state index in [1.807, 2.05) is 6.07 Å². The largest absolute Gasteiger partial charge is 0.362 e. The molecule has 1 saturated heterocycles. The Labute approximate surface area is 118 Å². The van der Waals surface area contributed by atoms with Crippen molar-refractivity contribution in [3.8, 4) is 0 Å². The van der Waals surface area contributed by atoms with E-state index in [0.29, 0.717) is 0 Å². The SMILES string of the molecule is CCCC1(C)CNCC(c2nc3ccccc3s2)O1.